The molecule has 170 valence electrons. The van der Waals surface area contributed by atoms with E-state index in [-0.39, 0.29) is 23.9 Å². The molecule has 2 aromatic rings. The van der Waals surface area contributed by atoms with Crippen LogP contribution in [0.5, 0.6) is 5.75 Å². The van der Waals surface area contributed by atoms with Crippen molar-refractivity contribution in [3.63, 3.8) is 0 Å². The summed E-state index contributed by atoms with van der Waals surface area (Å²) in [5, 5.41) is 12.8. The Morgan fingerprint density at radius 1 is 1.09 bits per heavy atom. The lowest BCUT2D eigenvalue weighted by Crippen LogP contribution is -2.56. The summed E-state index contributed by atoms with van der Waals surface area (Å²) in [6, 6.07) is 13.0. The number of phenols is 1. The van der Waals surface area contributed by atoms with E-state index in [4.69, 9.17) is 4.74 Å². The van der Waals surface area contributed by atoms with Crippen LogP contribution in [0.2, 0.25) is 0 Å². The van der Waals surface area contributed by atoms with Gasteiger partial charge in [0.25, 0.3) is 5.91 Å². The Morgan fingerprint density at radius 3 is 2.45 bits per heavy atom. The maximum Gasteiger partial charge on any atom is 0.273 e. The molecule has 3 heterocycles. The van der Waals surface area contributed by atoms with Gasteiger partial charge in [0.1, 0.15) is 23.2 Å². The molecule has 0 spiro atoms. The molecule has 0 aromatic heterocycles. The number of nitrogens with zero attached hydrogens (tertiary/aromatic N) is 2. The number of ether oxygens (including phenoxy) is 1. The molecule has 3 aliphatic rings. The number of amides is 1. The largest absolute Gasteiger partial charge is 0.508 e. The van der Waals surface area contributed by atoms with E-state index >= 15 is 0 Å². The van der Waals surface area contributed by atoms with E-state index in [1.807, 2.05) is 12.1 Å². The number of fused-ring (bicyclic) bond motifs is 1. The molecule has 2 aromatic carbocycles. The monoisotopic (exact) mass is 446 g/mol. The molecule has 1 fully saturated rings. The molecule has 2 bridgehead atoms. The van der Waals surface area contributed by atoms with Gasteiger partial charge in [-0.25, -0.2) is 5.01 Å². The molecule has 0 radical (unpaired) electrons. The van der Waals surface area contributed by atoms with E-state index in [2.05, 4.69) is 13.8 Å². The average Bonchev–Trinajstić information content (AvgIpc) is 3.12. The number of carbonyl (C=O) groups is 3. The van der Waals surface area contributed by atoms with Gasteiger partial charge in [-0.15, -0.1) is 0 Å². The second-order valence-corrected chi connectivity index (χ2v) is 9.08. The Balaban J connectivity index is 1.58. The summed E-state index contributed by atoms with van der Waals surface area (Å²) in [6.07, 6.45) is 0.296. The second kappa shape index (κ2) is 8.06. The lowest BCUT2D eigenvalue weighted by Gasteiger charge is -2.42. The number of allylic oxidation sites excluding steroid dienone is 1. The number of rotatable bonds is 4. The van der Waals surface area contributed by atoms with Crippen LogP contribution in [-0.4, -0.2) is 51.3 Å². The number of hydrogen-bond acceptors (Lipinski definition) is 6. The fourth-order valence-corrected chi connectivity index (χ4v) is 4.77. The molecule has 5 rings (SSSR count). The SMILES string of the molecule is CC(C)c1ccc(C(=O)N2C(Cc3ccc(O)cc3)C(=O)C3OC4=C(C3=O)N2CCC4)cc1. The number of hydrazine groups is 1. The highest BCUT2D eigenvalue weighted by molar-refractivity contribution is 6.18. The molecule has 3 aliphatic heterocycles. The fourth-order valence-electron chi connectivity index (χ4n) is 4.77. The zero-order valence-corrected chi connectivity index (χ0v) is 18.7. The van der Waals surface area contributed by atoms with Gasteiger partial charge >= 0.3 is 0 Å². The summed E-state index contributed by atoms with van der Waals surface area (Å²) in [5.41, 5.74) is 2.68. The number of benzene rings is 2. The van der Waals surface area contributed by atoms with Crippen LogP contribution >= 0.6 is 0 Å². The zero-order valence-electron chi connectivity index (χ0n) is 18.7. The van der Waals surface area contributed by atoms with E-state index < -0.39 is 17.9 Å². The van der Waals surface area contributed by atoms with Crippen molar-refractivity contribution in [3.05, 3.63) is 76.7 Å². The molecule has 7 nitrogen and oxygen atoms in total. The molecule has 0 saturated carbocycles. The average molecular weight is 447 g/mol. The van der Waals surface area contributed by atoms with Gasteiger partial charge in [0.05, 0.1) is 0 Å². The molecule has 33 heavy (non-hydrogen) atoms. The third-order valence-electron chi connectivity index (χ3n) is 6.57. The van der Waals surface area contributed by atoms with E-state index in [1.54, 1.807) is 41.4 Å². The van der Waals surface area contributed by atoms with E-state index in [0.717, 1.165) is 17.5 Å². The third-order valence-corrected chi connectivity index (χ3v) is 6.57. The molecule has 1 N–H and O–H groups in total. The van der Waals surface area contributed by atoms with Crippen molar-refractivity contribution >= 4 is 17.5 Å². The molecule has 0 aliphatic carbocycles. The number of carbonyl (C=O) groups excluding carboxylic acids is 3. The summed E-state index contributed by atoms with van der Waals surface area (Å²) < 4.78 is 5.78. The normalized spacial score (nSPS) is 22.0. The first-order valence-electron chi connectivity index (χ1n) is 11.3. The number of ketones is 2. The predicted octanol–water partition coefficient (Wildman–Crippen LogP) is 3.34. The van der Waals surface area contributed by atoms with Crippen molar-refractivity contribution < 1.29 is 24.2 Å². The van der Waals surface area contributed by atoms with Crippen LogP contribution in [0.3, 0.4) is 0 Å². The summed E-state index contributed by atoms with van der Waals surface area (Å²) in [5.74, 6) is -0.158. The minimum Gasteiger partial charge on any atom is -0.508 e. The van der Waals surface area contributed by atoms with Gasteiger partial charge in [-0.3, -0.25) is 19.4 Å². The van der Waals surface area contributed by atoms with Gasteiger partial charge in [0.15, 0.2) is 0 Å². The predicted molar refractivity (Wildman–Crippen MR) is 120 cm³/mol. The van der Waals surface area contributed by atoms with Crippen molar-refractivity contribution in [3.8, 4) is 5.75 Å². The summed E-state index contributed by atoms with van der Waals surface area (Å²) in [6.45, 7) is 4.62. The van der Waals surface area contributed by atoms with Crippen molar-refractivity contribution in [1.82, 2.24) is 10.0 Å². The van der Waals surface area contributed by atoms with Gasteiger partial charge < -0.3 is 9.84 Å². The number of aromatic hydroxyl groups is 1. The van der Waals surface area contributed by atoms with Crippen LogP contribution in [0, 0.1) is 0 Å². The maximum absolute atomic E-state index is 13.8. The Kier molecular flexibility index (Phi) is 5.19. The van der Waals surface area contributed by atoms with Crippen LogP contribution in [0.15, 0.2) is 60.0 Å². The topological polar surface area (TPSA) is 87.1 Å². The van der Waals surface area contributed by atoms with E-state index in [9.17, 15) is 19.5 Å². The van der Waals surface area contributed by atoms with Crippen molar-refractivity contribution in [2.24, 2.45) is 0 Å². The highest BCUT2D eigenvalue weighted by Gasteiger charge is 2.54. The van der Waals surface area contributed by atoms with Gasteiger partial charge in [0, 0.05) is 24.9 Å². The number of Topliss-reactive ketones (excluding diaryl/α,β-unsaturated/α-hetero) is 2. The second-order valence-electron chi connectivity index (χ2n) is 9.08. The van der Waals surface area contributed by atoms with Gasteiger partial charge in [-0.2, -0.15) is 0 Å². The molecule has 7 heteroatoms. The first-order chi connectivity index (χ1) is 15.8. The Labute approximate surface area is 192 Å². The molecule has 2 unspecified atom stereocenters. The molecule has 1 amide bonds. The van der Waals surface area contributed by atoms with E-state index in [0.29, 0.717) is 35.9 Å². The van der Waals surface area contributed by atoms with Gasteiger partial charge in [-0.1, -0.05) is 38.1 Å². The minimum atomic E-state index is -1.21. The molecule has 2 atom stereocenters. The minimum absolute atomic E-state index is 0.118. The molecular weight excluding hydrogens is 420 g/mol. The van der Waals surface area contributed by atoms with E-state index in [1.165, 1.54) is 5.01 Å². The fraction of sp³-hybridized carbons (Fsp3) is 0.346. The summed E-state index contributed by atoms with van der Waals surface area (Å²) in [7, 11) is 0. The Hall–Kier alpha value is -3.61. The lowest BCUT2D eigenvalue weighted by atomic mass is 9.96. The smallest absolute Gasteiger partial charge is 0.273 e. The molecule has 1 saturated heterocycles. The van der Waals surface area contributed by atoms with Crippen LogP contribution in [0.1, 0.15) is 54.1 Å². The lowest BCUT2D eigenvalue weighted by molar-refractivity contribution is -0.139. The van der Waals surface area contributed by atoms with Crippen LogP contribution in [0.25, 0.3) is 0 Å². The summed E-state index contributed by atoms with van der Waals surface area (Å²) in [4.78, 5) is 40.5. The van der Waals surface area contributed by atoms with Crippen LogP contribution < -0.4 is 0 Å². The van der Waals surface area contributed by atoms with Crippen LogP contribution in [0.4, 0.5) is 0 Å². The van der Waals surface area contributed by atoms with Gasteiger partial charge in [-0.05, 0) is 47.7 Å². The van der Waals surface area contributed by atoms with Crippen molar-refractivity contribution in [2.45, 2.75) is 51.2 Å². The van der Waals surface area contributed by atoms with Crippen LogP contribution in [-0.2, 0) is 20.7 Å². The zero-order chi connectivity index (χ0) is 23.3. The molecular formula is C26H26N2O5. The standard InChI is InChI=1S/C26H26N2O5/c1-15(2)17-7-9-18(10-8-17)26(32)28-20(14-16-5-11-19(29)12-6-16)23(30)25-24(31)22-21(33-25)4-3-13-27(22)28/h5-12,15,20,25,29H,3-4,13-14H2,1-2H3. The summed E-state index contributed by atoms with van der Waals surface area (Å²) >= 11 is 0. The van der Waals surface area contributed by atoms with Crippen molar-refractivity contribution in [2.75, 3.05) is 6.54 Å². The first-order valence-corrected chi connectivity index (χ1v) is 11.3. The highest BCUT2D eigenvalue weighted by atomic mass is 16.5. The Morgan fingerprint density at radius 2 is 1.79 bits per heavy atom. The number of hydrogen-bond donors (Lipinski definition) is 1. The maximum atomic E-state index is 13.8. The highest BCUT2D eigenvalue weighted by Crippen LogP contribution is 2.39. The van der Waals surface area contributed by atoms with Gasteiger partial charge in [0.2, 0.25) is 17.7 Å². The number of phenolic OH excluding ortho intramolecular Hbond substituents is 1. The third kappa shape index (κ3) is 3.57. The quantitative estimate of drug-likeness (QED) is 0.725. The first kappa shape index (κ1) is 21.2. The Bertz CT molecular complexity index is 1150. The van der Waals surface area contributed by atoms with Crippen molar-refractivity contribution in [1.29, 1.82) is 0 Å².